The van der Waals surface area contributed by atoms with Gasteiger partial charge in [-0.1, -0.05) is 30.8 Å². The molecule has 1 aromatic carbocycles. The summed E-state index contributed by atoms with van der Waals surface area (Å²) in [5, 5.41) is 9.79. The van der Waals surface area contributed by atoms with E-state index in [0.717, 1.165) is 23.4 Å². The van der Waals surface area contributed by atoms with Gasteiger partial charge in [0.15, 0.2) is 10.3 Å². The Morgan fingerprint density at radius 1 is 1.41 bits per heavy atom. The highest BCUT2D eigenvalue weighted by molar-refractivity contribution is 7.98. The van der Waals surface area contributed by atoms with Crippen LogP contribution in [0.15, 0.2) is 39.6 Å². The number of aryl methyl sites for hydroxylation is 1. The number of thiazole rings is 1. The van der Waals surface area contributed by atoms with Gasteiger partial charge in [0.25, 0.3) is 0 Å². The molecule has 27 heavy (non-hydrogen) atoms. The molecule has 3 aromatic rings. The number of benzene rings is 1. The van der Waals surface area contributed by atoms with Crippen molar-refractivity contribution >= 4 is 39.8 Å². The third-order valence-corrected chi connectivity index (χ3v) is 5.71. The zero-order valence-corrected chi connectivity index (χ0v) is 17.1. The van der Waals surface area contributed by atoms with Gasteiger partial charge in [0.2, 0.25) is 5.91 Å². The summed E-state index contributed by atoms with van der Waals surface area (Å²) in [4.78, 5) is 30.2. The minimum Gasteiger partial charge on any atom is -0.274 e. The molecule has 1 amide bonds. The summed E-state index contributed by atoms with van der Waals surface area (Å²) in [5.41, 5.74) is 2.54. The van der Waals surface area contributed by atoms with E-state index in [4.69, 9.17) is 0 Å². The number of aromatic amines is 1. The molecular weight excluding hydrogens is 382 g/mol. The Morgan fingerprint density at radius 2 is 2.22 bits per heavy atom. The Morgan fingerprint density at radius 3 is 2.93 bits per heavy atom. The van der Waals surface area contributed by atoms with Gasteiger partial charge < -0.3 is 0 Å². The Labute approximate surface area is 165 Å². The van der Waals surface area contributed by atoms with Gasteiger partial charge in [-0.3, -0.25) is 14.3 Å². The number of nitrogens with one attached hydrogen (secondary N) is 1. The standard InChI is InChI=1S/C18H21N5O2S2/c1-4-8-22-16(25)20-21-18(22)27-11-14-10-26-17(19-14)23(13(3)24)15-7-5-6-12(2)9-15/h5-7,9-10H,4,8,11H2,1-3H3,(H,20,25). The van der Waals surface area contributed by atoms with Crippen LogP contribution in [0.4, 0.5) is 10.8 Å². The number of thioether (sulfide) groups is 1. The monoisotopic (exact) mass is 403 g/mol. The first-order chi connectivity index (χ1) is 13.0. The lowest BCUT2D eigenvalue weighted by atomic mass is 10.2. The van der Waals surface area contributed by atoms with Crippen LogP contribution in [0.2, 0.25) is 0 Å². The molecule has 7 nitrogen and oxygen atoms in total. The molecule has 3 rings (SSSR count). The maximum Gasteiger partial charge on any atom is 0.343 e. The minimum atomic E-state index is -0.194. The van der Waals surface area contributed by atoms with Crippen molar-refractivity contribution in [2.24, 2.45) is 0 Å². The second-order valence-electron chi connectivity index (χ2n) is 6.07. The molecular formula is C18H21N5O2S2. The summed E-state index contributed by atoms with van der Waals surface area (Å²) in [5.74, 6) is 0.489. The van der Waals surface area contributed by atoms with E-state index in [0.29, 0.717) is 22.6 Å². The highest BCUT2D eigenvalue weighted by Gasteiger charge is 2.18. The van der Waals surface area contributed by atoms with Crippen molar-refractivity contribution in [3.05, 3.63) is 51.4 Å². The molecule has 0 aliphatic carbocycles. The minimum absolute atomic E-state index is 0.0850. The molecule has 0 bridgehead atoms. The van der Waals surface area contributed by atoms with Crippen LogP contribution >= 0.6 is 23.1 Å². The number of hydrogen-bond acceptors (Lipinski definition) is 6. The molecule has 0 aliphatic heterocycles. The second kappa shape index (κ2) is 8.53. The first-order valence-corrected chi connectivity index (χ1v) is 10.5. The van der Waals surface area contributed by atoms with E-state index in [1.165, 1.54) is 30.0 Å². The number of H-pyrrole nitrogens is 1. The fourth-order valence-corrected chi connectivity index (χ4v) is 4.49. The van der Waals surface area contributed by atoms with E-state index in [9.17, 15) is 9.59 Å². The largest absolute Gasteiger partial charge is 0.343 e. The number of aromatic nitrogens is 4. The topological polar surface area (TPSA) is 83.9 Å². The van der Waals surface area contributed by atoms with Gasteiger partial charge in [-0.2, -0.15) is 0 Å². The highest BCUT2D eigenvalue weighted by Crippen LogP contribution is 2.31. The summed E-state index contributed by atoms with van der Waals surface area (Å²) in [6, 6.07) is 7.78. The summed E-state index contributed by atoms with van der Waals surface area (Å²) in [6.07, 6.45) is 0.859. The maximum absolute atomic E-state index is 12.2. The number of hydrogen-bond donors (Lipinski definition) is 1. The third kappa shape index (κ3) is 4.48. The van der Waals surface area contributed by atoms with Crippen molar-refractivity contribution in [3.8, 4) is 0 Å². The summed E-state index contributed by atoms with van der Waals surface area (Å²) < 4.78 is 1.63. The fraction of sp³-hybridized carbons (Fsp3) is 0.333. The Bertz CT molecular complexity index is 992. The van der Waals surface area contributed by atoms with Crippen LogP contribution in [-0.4, -0.2) is 25.7 Å². The van der Waals surface area contributed by atoms with Crippen molar-refractivity contribution in [2.45, 2.75) is 44.6 Å². The number of rotatable bonds is 7. The fourth-order valence-electron chi connectivity index (χ4n) is 2.63. The van der Waals surface area contributed by atoms with Crippen LogP contribution in [0.5, 0.6) is 0 Å². The van der Waals surface area contributed by atoms with Gasteiger partial charge >= 0.3 is 5.69 Å². The lowest BCUT2D eigenvalue weighted by Gasteiger charge is -2.18. The van der Waals surface area contributed by atoms with Crippen LogP contribution < -0.4 is 10.6 Å². The quantitative estimate of drug-likeness (QED) is 0.608. The molecule has 1 N–H and O–H groups in total. The highest BCUT2D eigenvalue weighted by atomic mass is 32.2. The van der Waals surface area contributed by atoms with Crippen LogP contribution in [-0.2, 0) is 17.1 Å². The molecule has 2 heterocycles. The van der Waals surface area contributed by atoms with Crippen LogP contribution in [0, 0.1) is 6.92 Å². The first kappa shape index (κ1) is 19.4. The summed E-state index contributed by atoms with van der Waals surface area (Å²) in [6.45, 7) is 6.17. The average molecular weight is 404 g/mol. The molecule has 9 heteroatoms. The van der Waals surface area contributed by atoms with Gasteiger partial charge in [-0.05, 0) is 31.0 Å². The predicted molar refractivity (Wildman–Crippen MR) is 109 cm³/mol. The van der Waals surface area contributed by atoms with Gasteiger partial charge in [-0.25, -0.2) is 14.9 Å². The van der Waals surface area contributed by atoms with E-state index in [1.807, 2.05) is 43.5 Å². The Hall–Kier alpha value is -2.39. The van der Waals surface area contributed by atoms with Crippen molar-refractivity contribution in [1.82, 2.24) is 19.7 Å². The number of amides is 1. The molecule has 0 spiro atoms. The maximum atomic E-state index is 12.2. The SMILES string of the molecule is CCCn1c(SCc2csc(N(C(C)=O)c3cccc(C)c3)n2)n[nH]c1=O. The third-order valence-electron chi connectivity index (χ3n) is 3.83. The summed E-state index contributed by atoms with van der Waals surface area (Å²) in [7, 11) is 0. The zero-order chi connectivity index (χ0) is 19.4. The van der Waals surface area contributed by atoms with Crippen molar-refractivity contribution in [2.75, 3.05) is 4.90 Å². The van der Waals surface area contributed by atoms with E-state index >= 15 is 0 Å². The summed E-state index contributed by atoms with van der Waals surface area (Å²) >= 11 is 2.88. The van der Waals surface area contributed by atoms with Crippen molar-refractivity contribution in [3.63, 3.8) is 0 Å². The molecule has 0 saturated heterocycles. The number of carbonyl (C=O) groups excluding carboxylic acids is 1. The number of anilines is 2. The first-order valence-electron chi connectivity index (χ1n) is 8.59. The van der Waals surface area contributed by atoms with Gasteiger partial charge in [-0.15, -0.1) is 16.4 Å². The van der Waals surface area contributed by atoms with Gasteiger partial charge in [0.05, 0.1) is 11.4 Å². The molecule has 0 radical (unpaired) electrons. The van der Waals surface area contributed by atoms with E-state index in [-0.39, 0.29) is 11.6 Å². The number of carbonyl (C=O) groups is 1. The van der Waals surface area contributed by atoms with Crippen LogP contribution in [0.3, 0.4) is 0 Å². The zero-order valence-electron chi connectivity index (χ0n) is 15.4. The molecule has 2 aromatic heterocycles. The van der Waals surface area contributed by atoms with Crippen molar-refractivity contribution < 1.29 is 4.79 Å². The van der Waals surface area contributed by atoms with E-state index < -0.39 is 0 Å². The van der Waals surface area contributed by atoms with Gasteiger partial charge in [0.1, 0.15) is 0 Å². The second-order valence-corrected chi connectivity index (χ2v) is 7.85. The van der Waals surface area contributed by atoms with Gasteiger partial charge in [0, 0.05) is 24.6 Å². The van der Waals surface area contributed by atoms with Crippen molar-refractivity contribution in [1.29, 1.82) is 0 Å². The molecule has 142 valence electrons. The predicted octanol–water partition coefficient (Wildman–Crippen LogP) is 3.72. The molecule has 0 saturated carbocycles. The Kier molecular flexibility index (Phi) is 6.12. The number of nitrogens with zero attached hydrogens (tertiary/aromatic N) is 4. The molecule has 0 atom stereocenters. The van der Waals surface area contributed by atoms with Crippen LogP contribution in [0.25, 0.3) is 0 Å². The Balaban J connectivity index is 1.77. The normalized spacial score (nSPS) is 10.9. The smallest absolute Gasteiger partial charge is 0.274 e. The lowest BCUT2D eigenvalue weighted by molar-refractivity contribution is -0.115. The molecule has 0 fully saturated rings. The molecule has 0 unspecified atom stereocenters. The average Bonchev–Trinajstić information content (AvgIpc) is 3.21. The molecule has 0 aliphatic rings. The van der Waals surface area contributed by atoms with E-state index in [1.54, 1.807) is 9.47 Å². The lowest BCUT2D eigenvalue weighted by Crippen LogP contribution is -2.22. The van der Waals surface area contributed by atoms with E-state index in [2.05, 4.69) is 15.2 Å². The van der Waals surface area contributed by atoms with Crippen LogP contribution in [0.1, 0.15) is 31.5 Å².